The minimum Gasteiger partial charge on any atom is -0.493 e. The van der Waals surface area contributed by atoms with Gasteiger partial charge in [0.1, 0.15) is 15.8 Å². The molecule has 0 spiro atoms. The third-order valence-electron chi connectivity index (χ3n) is 5.72. The lowest BCUT2D eigenvalue weighted by Crippen LogP contribution is -2.29. The first-order valence-corrected chi connectivity index (χ1v) is 13.3. The van der Waals surface area contributed by atoms with E-state index in [9.17, 15) is 9.59 Å². The molecule has 192 valence electrons. The molecule has 0 bridgehead atoms. The summed E-state index contributed by atoms with van der Waals surface area (Å²) in [5, 5.41) is 13.8. The smallest absolute Gasteiger partial charge is 0.303 e. The fourth-order valence-electron chi connectivity index (χ4n) is 3.87. The number of carbonyl (C=O) groups is 2. The molecule has 0 saturated carbocycles. The van der Waals surface area contributed by atoms with Crippen LogP contribution in [0.25, 0.3) is 23.0 Å². The van der Waals surface area contributed by atoms with Crippen molar-refractivity contribution in [2.75, 3.05) is 13.2 Å². The van der Waals surface area contributed by atoms with Crippen molar-refractivity contribution in [1.29, 1.82) is 0 Å². The molecular weight excluding hydrogens is 506 g/mol. The summed E-state index contributed by atoms with van der Waals surface area (Å²) in [6.07, 6.45) is 4.05. The van der Waals surface area contributed by atoms with Crippen LogP contribution in [-0.2, 0) is 9.59 Å². The average molecular weight is 536 g/mol. The number of hydrogen-bond donors (Lipinski definition) is 1. The van der Waals surface area contributed by atoms with E-state index in [-0.39, 0.29) is 18.9 Å². The van der Waals surface area contributed by atoms with E-state index >= 15 is 0 Å². The highest BCUT2D eigenvalue weighted by atomic mass is 32.2. The number of thiocarbonyl (C=S) groups is 1. The molecule has 2 heterocycles. The average Bonchev–Trinajstić information content (AvgIpc) is 3.40. The Morgan fingerprint density at radius 2 is 1.97 bits per heavy atom. The Hall–Kier alpha value is -3.43. The van der Waals surface area contributed by atoms with Crippen LogP contribution in [0.2, 0.25) is 0 Å². The molecule has 7 nitrogen and oxygen atoms in total. The number of aliphatic carboxylic acids is 1. The standard InChI is InChI=1S/C28H29N3O4S2/c1-18(2)17-35-23-12-11-20(14-19(23)3)26-21(16-31(29-26)22-8-5-4-6-9-22)15-24-27(34)30(28(36)37-24)13-7-10-25(32)33/h4-6,8-9,11-12,14-16,18H,7,10,13,17H2,1-3H3,(H,32,33). The van der Waals surface area contributed by atoms with Gasteiger partial charge in [-0.05, 0) is 61.2 Å². The van der Waals surface area contributed by atoms with Crippen LogP contribution in [-0.4, -0.2) is 49.1 Å². The largest absolute Gasteiger partial charge is 0.493 e. The quantitative estimate of drug-likeness (QED) is 0.254. The van der Waals surface area contributed by atoms with Gasteiger partial charge in [0.2, 0.25) is 0 Å². The van der Waals surface area contributed by atoms with E-state index in [2.05, 4.69) is 13.8 Å². The van der Waals surface area contributed by atoms with Gasteiger partial charge in [-0.1, -0.05) is 56.0 Å². The summed E-state index contributed by atoms with van der Waals surface area (Å²) in [7, 11) is 0. The van der Waals surface area contributed by atoms with E-state index in [0.717, 1.165) is 33.8 Å². The predicted molar refractivity (Wildman–Crippen MR) is 151 cm³/mol. The number of hydrogen-bond acceptors (Lipinski definition) is 6. The zero-order valence-corrected chi connectivity index (χ0v) is 22.6. The Bertz CT molecular complexity index is 1350. The van der Waals surface area contributed by atoms with Gasteiger partial charge in [-0.15, -0.1) is 0 Å². The van der Waals surface area contributed by atoms with Crippen LogP contribution < -0.4 is 4.74 Å². The number of carboxylic acids is 1. The van der Waals surface area contributed by atoms with Crippen molar-refractivity contribution in [2.24, 2.45) is 5.92 Å². The highest BCUT2D eigenvalue weighted by Crippen LogP contribution is 2.36. The van der Waals surface area contributed by atoms with E-state index in [4.69, 9.17) is 27.2 Å². The van der Waals surface area contributed by atoms with E-state index in [1.807, 2.05) is 67.7 Å². The van der Waals surface area contributed by atoms with Gasteiger partial charge >= 0.3 is 5.97 Å². The van der Waals surface area contributed by atoms with E-state index in [0.29, 0.717) is 28.2 Å². The molecule has 1 aliphatic heterocycles. The first kappa shape index (κ1) is 26.6. The maximum Gasteiger partial charge on any atom is 0.303 e. The number of carbonyl (C=O) groups excluding carboxylic acids is 1. The molecule has 3 aromatic rings. The Labute approximate surface area is 226 Å². The summed E-state index contributed by atoms with van der Waals surface area (Å²) in [5.74, 6) is 0.154. The number of thioether (sulfide) groups is 1. The molecule has 0 aliphatic carbocycles. The fraction of sp³-hybridized carbons (Fsp3) is 0.286. The topological polar surface area (TPSA) is 84.7 Å². The van der Waals surface area contributed by atoms with Crippen LogP contribution in [0.4, 0.5) is 0 Å². The van der Waals surface area contributed by atoms with Gasteiger partial charge in [0.15, 0.2) is 0 Å². The summed E-state index contributed by atoms with van der Waals surface area (Å²) < 4.78 is 8.17. The molecule has 4 rings (SSSR count). The second kappa shape index (κ2) is 11.7. The summed E-state index contributed by atoms with van der Waals surface area (Å²) in [5.41, 5.74) is 4.33. The molecule has 0 atom stereocenters. The number of benzene rings is 2. The van der Waals surface area contributed by atoms with Crippen molar-refractivity contribution < 1.29 is 19.4 Å². The van der Waals surface area contributed by atoms with Crippen LogP contribution in [0.5, 0.6) is 5.75 Å². The highest BCUT2D eigenvalue weighted by Gasteiger charge is 2.32. The van der Waals surface area contributed by atoms with Crippen LogP contribution in [0.15, 0.2) is 59.6 Å². The number of nitrogens with zero attached hydrogens (tertiary/aromatic N) is 3. The summed E-state index contributed by atoms with van der Waals surface area (Å²) in [6, 6.07) is 15.8. The number of aryl methyl sites for hydroxylation is 1. The Balaban J connectivity index is 1.69. The highest BCUT2D eigenvalue weighted by molar-refractivity contribution is 8.26. The maximum atomic E-state index is 13.1. The molecule has 1 saturated heterocycles. The maximum absolute atomic E-state index is 13.1. The Kier molecular flexibility index (Phi) is 8.45. The van der Waals surface area contributed by atoms with E-state index in [1.165, 1.54) is 16.7 Å². The number of para-hydroxylation sites is 1. The summed E-state index contributed by atoms with van der Waals surface area (Å²) in [6.45, 7) is 7.15. The molecule has 1 fully saturated rings. The van der Waals surface area contributed by atoms with Crippen molar-refractivity contribution in [1.82, 2.24) is 14.7 Å². The molecule has 2 aromatic carbocycles. The lowest BCUT2D eigenvalue weighted by atomic mass is 10.0. The zero-order chi connectivity index (χ0) is 26.5. The number of rotatable bonds is 10. The molecule has 1 aromatic heterocycles. The van der Waals surface area contributed by atoms with Gasteiger partial charge in [0, 0.05) is 30.3 Å². The third-order valence-corrected chi connectivity index (χ3v) is 7.09. The molecule has 1 amide bonds. The molecule has 9 heteroatoms. The first-order chi connectivity index (χ1) is 17.7. The lowest BCUT2D eigenvalue weighted by Gasteiger charge is -2.13. The van der Waals surface area contributed by atoms with Crippen molar-refractivity contribution >= 4 is 46.3 Å². The number of carboxylic acid groups (broad SMARTS) is 1. The predicted octanol–water partition coefficient (Wildman–Crippen LogP) is 5.95. The number of ether oxygens (including phenoxy) is 1. The van der Waals surface area contributed by atoms with Crippen LogP contribution in [0.3, 0.4) is 0 Å². The van der Waals surface area contributed by atoms with Crippen LogP contribution in [0, 0.1) is 12.8 Å². The van der Waals surface area contributed by atoms with Gasteiger partial charge < -0.3 is 9.84 Å². The molecule has 1 N–H and O–H groups in total. The van der Waals surface area contributed by atoms with E-state index in [1.54, 1.807) is 4.68 Å². The van der Waals surface area contributed by atoms with Crippen molar-refractivity contribution in [3.8, 4) is 22.7 Å². The summed E-state index contributed by atoms with van der Waals surface area (Å²) >= 11 is 6.64. The van der Waals surface area contributed by atoms with Gasteiger partial charge in [0.25, 0.3) is 5.91 Å². The number of amides is 1. The number of aromatic nitrogens is 2. The van der Waals surface area contributed by atoms with Crippen molar-refractivity contribution in [3.63, 3.8) is 0 Å². The minimum atomic E-state index is -0.894. The second-order valence-corrected chi connectivity index (χ2v) is 10.9. The van der Waals surface area contributed by atoms with Gasteiger partial charge in [-0.2, -0.15) is 5.10 Å². The minimum absolute atomic E-state index is 0.0136. The normalized spacial score (nSPS) is 14.7. The Morgan fingerprint density at radius 3 is 2.65 bits per heavy atom. The Morgan fingerprint density at radius 1 is 1.22 bits per heavy atom. The molecule has 37 heavy (non-hydrogen) atoms. The second-order valence-electron chi connectivity index (χ2n) is 9.23. The SMILES string of the molecule is Cc1cc(-c2nn(-c3ccccc3)cc2C=C2SC(=S)N(CCCC(=O)O)C2=O)ccc1OCC(C)C. The van der Waals surface area contributed by atoms with Gasteiger partial charge in [-0.3, -0.25) is 14.5 Å². The molecular formula is C28H29N3O4S2. The first-order valence-electron chi connectivity index (χ1n) is 12.1. The van der Waals surface area contributed by atoms with Crippen LogP contribution >= 0.6 is 24.0 Å². The summed E-state index contributed by atoms with van der Waals surface area (Å²) in [4.78, 5) is 25.9. The third kappa shape index (κ3) is 6.47. The van der Waals surface area contributed by atoms with Gasteiger partial charge in [-0.25, -0.2) is 4.68 Å². The van der Waals surface area contributed by atoms with Crippen molar-refractivity contribution in [3.05, 3.63) is 70.8 Å². The zero-order valence-electron chi connectivity index (χ0n) is 21.0. The molecule has 0 unspecified atom stereocenters. The van der Waals surface area contributed by atoms with Gasteiger partial charge in [0.05, 0.1) is 17.2 Å². The van der Waals surface area contributed by atoms with Crippen molar-refractivity contribution in [2.45, 2.75) is 33.6 Å². The monoisotopic (exact) mass is 535 g/mol. The molecule has 1 aliphatic rings. The lowest BCUT2D eigenvalue weighted by molar-refractivity contribution is -0.137. The molecule has 0 radical (unpaired) electrons. The van der Waals surface area contributed by atoms with Crippen LogP contribution in [0.1, 0.15) is 37.8 Å². The van der Waals surface area contributed by atoms with E-state index < -0.39 is 5.97 Å². The fourth-order valence-corrected chi connectivity index (χ4v) is 5.17.